The van der Waals surface area contributed by atoms with Gasteiger partial charge in [-0.25, -0.2) is 4.39 Å². The molecule has 1 aromatic heterocycles. The Kier molecular flexibility index (Phi) is 4.77. The number of nitrogens with one attached hydrogen (secondary N) is 1. The highest BCUT2D eigenvalue weighted by Crippen LogP contribution is 2.35. The van der Waals surface area contributed by atoms with Gasteiger partial charge in [-0.1, -0.05) is 28.9 Å². The number of hydrogen-bond donors (Lipinski definition) is 1. The van der Waals surface area contributed by atoms with Gasteiger partial charge in [0, 0.05) is 20.3 Å². The van der Waals surface area contributed by atoms with Crippen LogP contribution in [-0.4, -0.2) is 6.54 Å². The summed E-state index contributed by atoms with van der Waals surface area (Å²) in [6.45, 7) is 3.07. The van der Waals surface area contributed by atoms with Crippen molar-refractivity contribution in [3.05, 3.63) is 55.4 Å². The highest BCUT2D eigenvalue weighted by atomic mass is 79.9. The van der Waals surface area contributed by atoms with Gasteiger partial charge in [-0.05, 0) is 61.6 Å². The van der Waals surface area contributed by atoms with E-state index in [-0.39, 0.29) is 5.82 Å². The fourth-order valence-electron chi connectivity index (χ4n) is 2.95. The molecule has 1 unspecified atom stereocenters. The second-order valence-electron chi connectivity index (χ2n) is 5.50. The highest BCUT2D eigenvalue weighted by molar-refractivity contribution is 9.10. The third-order valence-electron chi connectivity index (χ3n) is 4.00. The molecule has 21 heavy (non-hydrogen) atoms. The number of halogens is 2. The summed E-state index contributed by atoms with van der Waals surface area (Å²) in [7, 11) is 0. The third-order valence-corrected chi connectivity index (χ3v) is 6.09. The number of thiophene rings is 1. The summed E-state index contributed by atoms with van der Waals surface area (Å²) in [5.74, 6) is -0.194. The van der Waals surface area contributed by atoms with Crippen LogP contribution in [0.1, 0.15) is 40.3 Å². The lowest BCUT2D eigenvalue weighted by molar-refractivity contribution is 0.555. The number of aryl methyl sites for hydroxylation is 2. The Bertz CT molecular complexity index is 616. The lowest BCUT2D eigenvalue weighted by atomic mass is 10.0. The predicted molar refractivity (Wildman–Crippen MR) is 90.6 cm³/mol. The number of benzene rings is 1. The summed E-state index contributed by atoms with van der Waals surface area (Å²) < 4.78 is 14.1. The molecule has 1 aromatic carbocycles. The molecule has 1 N–H and O–H groups in total. The molecule has 1 nitrogen and oxygen atoms in total. The van der Waals surface area contributed by atoms with Crippen LogP contribution in [-0.2, 0) is 19.3 Å². The number of rotatable bonds is 5. The van der Waals surface area contributed by atoms with Crippen LogP contribution in [0.5, 0.6) is 0 Å². The van der Waals surface area contributed by atoms with Crippen LogP contribution in [0.3, 0.4) is 0 Å². The molecule has 1 atom stereocenters. The van der Waals surface area contributed by atoms with E-state index in [1.807, 2.05) is 17.4 Å². The van der Waals surface area contributed by atoms with Crippen LogP contribution >= 0.6 is 27.3 Å². The van der Waals surface area contributed by atoms with Crippen molar-refractivity contribution in [3.63, 3.8) is 0 Å². The average molecular weight is 368 g/mol. The van der Waals surface area contributed by atoms with Gasteiger partial charge in [0.05, 0.1) is 0 Å². The topological polar surface area (TPSA) is 12.0 Å². The van der Waals surface area contributed by atoms with Crippen molar-refractivity contribution in [3.8, 4) is 0 Å². The van der Waals surface area contributed by atoms with Gasteiger partial charge in [0.15, 0.2) is 0 Å². The van der Waals surface area contributed by atoms with Crippen molar-refractivity contribution in [1.29, 1.82) is 0 Å². The van der Waals surface area contributed by atoms with Gasteiger partial charge in [-0.15, -0.1) is 11.3 Å². The van der Waals surface area contributed by atoms with Crippen LogP contribution in [0.25, 0.3) is 0 Å². The lowest BCUT2D eigenvalue weighted by Gasteiger charge is -2.17. The third kappa shape index (κ3) is 3.38. The first-order valence-electron chi connectivity index (χ1n) is 7.46. The molecule has 1 heterocycles. The lowest BCUT2D eigenvalue weighted by Crippen LogP contribution is -2.22. The zero-order valence-electron chi connectivity index (χ0n) is 12.1. The average Bonchev–Trinajstić information content (AvgIpc) is 3.02. The van der Waals surface area contributed by atoms with E-state index in [0.29, 0.717) is 6.04 Å². The van der Waals surface area contributed by atoms with E-state index in [1.165, 1.54) is 35.8 Å². The van der Waals surface area contributed by atoms with Gasteiger partial charge in [0.1, 0.15) is 5.82 Å². The largest absolute Gasteiger partial charge is 0.309 e. The summed E-state index contributed by atoms with van der Waals surface area (Å²) >= 11 is 5.43. The van der Waals surface area contributed by atoms with E-state index in [0.717, 1.165) is 23.0 Å². The summed E-state index contributed by atoms with van der Waals surface area (Å²) in [6, 6.07) is 7.65. The Morgan fingerprint density at radius 3 is 2.90 bits per heavy atom. The molecule has 0 saturated carbocycles. The van der Waals surface area contributed by atoms with E-state index in [4.69, 9.17) is 0 Å². The molecule has 1 aliphatic carbocycles. The van der Waals surface area contributed by atoms with E-state index in [9.17, 15) is 4.39 Å². The predicted octanol–water partition coefficient (Wildman–Crippen LogP) is 5.03. The maximum Gasteiger partial charge on any atom is 0.124 e. The zero-order chi connectivity index (χ0) is 14.8. The van der Waals surface area contributed by atoms with Crippen LogP contribution < -0.4 is 5.32 Å². The molecule has 3 rings (SSSR count). The van der Waals surface area contributed by atoms with Crippen LogP contribution in [0.15, 0.2) is 28.7 Å². The molecule has 112 valence electrons. The quantitative estimate of drug-likeness (QED) is 0.780. The van der Waals surface area contributed by atoms with Crippen molar-refractivity contribution < 1.29 is 4.39 Å². The van der Waals surface area contributed by atoms with E-state index in [1.54, 1.807) is 10.9 Å². The normalized spacial score (nSPS) is 15.2. The SMILES string of the molecule is CCNC(Cc1ccc(F)cc1Br)c1cc2c(s1)CCC2. The first-order valence-corrected chi connectivity index (χ1v) is 9.07. The molecule has 0 radical (unpaired) electrons. The molecular formula is C17H19BrFNS. The Labute approximate surface area is 137 Å². The molecule has 4 heteroatoms. The zero-order valence-corrected chi connectivity index (χ0v) is 14.5. The maximum absolute atomic E-state index is 13.2. The Hall–Kier alpha value is -0.710. The van der Waals surface area contributed by atoms with Gasteiger partial charge in [0.25, 0.3) is 0 Å². The molecule has 0 spiro atoms. The van der Waals surface area contributed by atoms with Crippen molar-refractivity contribution in [2.75, 3.05) is 6.54 Å². The van der Waals surface area contributed by atoms with Gasteiger partial charge < -0.3 is 5.32 Å². The second kappa shape index (κ2) is 6.59. The Morgan fingerprint density at radius 1 is 1.33 bits per heavy atom. The molecule has 0 aliphatic heterocycles. The van der Waals surface area contributed by atoms with Gasteiger partial charge >= 0.3 is 0 Å². The number of fused-ring (bicyclic) bond motifs is 1. The van der Waals surface area contributed by atoms with E-state index >= 15 is 0 Å². The minimum Gasteiger partial charge on any atom is -0.309 e. The molecule has 0 amide bonds. The van der Waals surface area contributed by atoms with Crippen molar-refractivity contribution in [2.24, 2.45) is 0 Å². The van der Waals surface area contributed by atoms with Gasteiger partial charge in [0.2, 0.25) is 0 Å². The van der Waals surface area contributed by atoms with Crippen LogP contribution in [0.2, 0.25) is 0 Å². The van der Waals surface area contributed by atoms with Gasteiger partial charge in [-0.2, -0.15) is 0 Å². The second-order valence-corrected chi connectivity index (χ2v) is 7.52. The van der Waals surface area contributed by atoms with Crippen molar-refractivity contribution in [1.82, 2.24) is 5.32 Å². The van der Waals surface area contributed by atoms with Crippen molar-refractivity contribution in [2.45, 2.75) is 38.6 Å². The smallest absolute Gasteiger partial charge is 0.124 e. The molecule has 1 aliphatic rings. The van der Waals surface area contributed by atoms with E-state index < -0.39 is 0 Å². The molecule has 2 aromatic rings. The molecule has 0 fully saturated rings. The fourth-order valence-corrected chi connectivity index (χ4v) is 4.80. The highest BCUT2D eigenvalue weighted by Gasteiger charge is 2.20. The van der Waals surface area contributed by atoms with Crippen LogP contribution in [0, 0.1) is 5.82 Å². The Morgan fingerprint density at radius 2 is 2.19 bits per heavy atom. The number of likely N-dealkylation sites (N-methyl/N-ethyl adjacent to an activating group) is 1. The summed E-state index contributed by atoms with van der Waals surface area (Å²) in [5, 5.41) is 3.57. The first-order chi connectivity index (χ1) is 10.2. The monoisotopic (exact) mass is 367 g/mol. The summed E-state index contributed by atoms with van der Waals surface area (Å²) in [4.78, 5) is 2.98. The summed E-state index contributed by atoms with van der Waals surface area (Å²) in [6.07, 6.45) is 4.65. The minimum atomic E-state index is -0.194. The molecule has 0 saturated heterocycles. The molecular weight excluding hydrogens is 349 g/mol. The maximum atomic E-state index is 13.2. The summed E-state index contributed by atoms with van der Waals surface area (Å²) in [5.41, 5.74) is 2.69. The first kappa shape index (κ1) is 15.2. The van der Waals surface area contributed by atoms with Crippen LogP contribution in [0.4, 0.5) is 4.39 Å². The number of hydrogen-bond acceptors (Lipinski definition) is 2. The standard InChI is InChI=1S/C17H19BrFNS/c1-2-20-15(8-11-6-7-13(19)10-14(11)18)17-9-12-4-3-5-16(12)21-17/h6-7,9-10,15,20H,2-5,8H2,1H3. The Balaban J connectivity index is 1.83. The fraction of sp³-hybridized carbons (Fsp3) is 0.412. The van der Waals surface area contributed by atoms with Crippen molar-refractivity contribution >= 4 is 27.3 Å². The minimum absolute atomic E-state index is 0.194. The van der Waals surface area contributed by atoms with E-state index in [2.05, 4.69) is 34.2 Å². The van der Waals surface area contributed by atoms with Gasteiger partial charge in [-0.3, -0.25) is 0 Å². The molecule has 0 bridgehead atoms.